The van der Waals surface area contributed by atoms with Gasteiger partial charge in [-0.25, -0.2) is 13.2 Å². The molecule has 6 nitrogen and oxygen atoms in total. The van der Waals surface area contributed by atoms with Crippen molar-refractivity contribution in [1.82, 2.24) is 0 Å². The van der Waals surface area contributed by atoms with Gasteiger partial charge in [-0.05, 0) is 56.2 Å². The number of Topliss-reactive ketones (excluding diaryl/α,β-unsaturated/α-hetero) is 1. The molecule has 0 saturated carbocycles. The van der Waals surface area contributed by atoms with Gasteiger partial charge in [0.15, 0.2) is 6.61 Å². The van der Waals surface area contributed by atoms with Crippen LogP contribution in [0, 0.1) is 6.92 Å². The molecule has 1 aromatic heterocycles. The van der Waals surface area contributed by atoms with E-state index in [0.717, 1.165) is 10.4 Å². The summed E-state index contributed by atoms with van der Waals surface area (Å²) in [5.41, 5.74) is 1.67. The quantitative estimate of drug-likeness (QED) is 0.576. The minimum Gasteiger partial charge on any atom is -0.454 e. The molecule has 0 unspecified atom stereocenters. The van der Waals surface area contributed by atoms with Crippen LogP contribution in [0.25, 0.3) is 0 Å². The number of ketones is 1. The van der Waals surface area contributed by atoms with Gasteiger partial charge in [-0.15, -0.1) is 11.3 Å². The number of esters is 1. The Hall–Kier alpha value is -2.19. The first-order valence-electron chi connectivity index (χ1n) is 8.06. The summed E-state index contributed by atoms with van der Waals surface area (Å²) in [6.45, 7) is 3.40. The molecule has 138 valence electrons. The van der Waals surface area contributed by atoms with Crippen molar-refractivity contribution in [1.29, 1.82) is 0 Å². The molecule has 1 atom stereocenters. The van der Waals surface area contributed by atoms with Crippen LogP contribution in [-0.2, 0) is 21.2 Å². The van der Waals surface area contributed by atoms with E-state index in [-0.39, 0.29) is 18.4 Å². The molecule has 26 heavy (non-hydrogen) atoms. The monoisotopic (exact) mass is 393 g/mol. The van der Waals surface area contributed by atoms with E-state index >= 15 is 0 Å². The Kier molecular flexibility index (Phi) is 4.90. The third kappa shape index (κ3) is 3.66. The molecule has 0 fully saturated rings. The van der Waals surface area contributed by atoms with Gasteiger partial charge in [0.1, 0.15) is 0 Å². The van der Waals surface area contributed by atoms with Gasteiger partial charge < -0.3 is 4.74 Å². The highest BCUT2D eigenvalue weighted by Gasteiger charge is 2.33. The van der Waals surface area contributed by atoms with Gasteiger partial charge in [0.05, 0.1) is 22.4 Å². The predicted molar refractivity (Wildman–Crippen MR) is 101 cm³/mol. The van der Waals surface area contributed by atoms with Crippen molar-refractivity contribution in [2.75, 3.05) is 17.2 Å². The lowest BCUT2D eigenvalue weighted by atomic mass is 10.1. The third-order valence-electron chi connectivity index (χ3n) is 4.18. The number of carbonyl (C=O) groups excluding carboxylic acids is 2. The van der Waals surface area contributed by atoms with Crippen molar-refractivity contribution in [2.45, 2.75) is 26.3 Å². The van der Waals surface area contributed by atoms with E-state index in [4.69, 9.17) is 4.74 Å². The molecule has 0 radical (unpaired) electrons. The van der Waals surface area contributed by atoms with Crippen LogP contribution in [0.5, 0.6) is 0 Å². The first-order chi connectivity index (χ1) is 12.2. The molecule has 0 saturated heterocycles. The number of aryl methyl sites for hydroxylation is 1. The maximum Gasteiger partial charge on any atom is 0.338 e. The summed E-state index contributed by atoms with van der Waals surface area (Å²) in [5.74, 6) is -0.839. The second-order valence-electron chi connectivity index (χ2n) is 6.37. The first-order valence-corrected chi connectivity index (χ1v) is 10.7. The van der Waals surface area contributed by atoms with Gasteiger partial charge in [0.25, 0.3) is 0 Å². The lowest BCUT2D eigenvalue weighted by molar-refractivity contribution is 0.0476. The van der Waals surface area contributed by atoms with E-state index in [2.05, 4.69) is 0 Å². The average molecular weight is 393 g/mol. The fourth-order valence-corrected chi connectivity index (χ4v) is 5.16. The topological polar surface area (TPSA) is 80.8 Å². The second kappa shape index (κ2) is 6.85. The molecule has 1 aliphatic rings. The second-order valence-corrected chi connectivity index (χ2v) is 9.51. The summed E-state index contributed by atoms with van der Waals surface area (Å²) in [5, 5.41) is 0. The maximum absolute atomic E-state index is 12.2. The molecule has 8 heteroatoms. The number of ether oxygens (including phenoxy) is 1. The number of carbonyl (C=O) groups is 2. The Bertz CT molecular complexity index is 977. The van der Waals surface area contributed by atoms with E-state index in [1.165, 1.54) is 28.0 Å². The molecule has 2 aromatic rings. The van der Waals surface area contributed by atoms with Crippen LogP contribution in [0.1, 0.15) is 37.4 Å². The van der Waals surface area contributed by atoms with Crippen LogP contribution in [0.3, 0.4) is 0 Å². The number of benzene rings is 1. The number of thiophene rings is 1. The summed E-state index contributed by atoms with van der Waals surface area (Å²) in [6, 6.07) is 8.13. The van der Waals surface area contributed by atoms with Crippen molar-refractivity contribution >= 4 is 38.8 Å². The zero-order valence-corrected chi connectivity index (χ0v) is 16.3. The van der Waals surface area contributed by atoms with Crippen molar-refractivity contribution in [3.05, 3.63) is 51.2 Å². The fourth-order valence-electron chi connectivity index (χ4n) is 3.11. The van der Waals surface area contributed by atoms with Crippen molar-refractivity contribution in [3.63, 3.8) is 0 Å². The number of hydrogen-bond acceptors (Lipinski definition) is 6. The molecule has 0 bridgehead atoms. The van der Waals surface area contributed by atoms with Gasteiger partial charge in [-0.1, -0.05) is 0 Å². The normalized spacial score (nSPS) is 16.4. The Morgan fingerprint density at radius 3 is 2.62 bits per heavy atom. The molecule has 0 N–H and O–H groups in total. The maximum atomic E-state index is 12.2. The van der Waals surface area contributed by atoms with E-state index < -0.39 is 16.0 Å². The van der Waals surface area contributed by atoms with Crippen molar-refractivity contribution < 1.29 is 22.7 Å². The number of rotatable bonds is 5. The molecule has 0 spiro atoms. The zero-order valence-electron chi connectivity index (χ0n) is 14.7. The molecule has 0 aliphatic carbocycles. The number of hydrogen-bond donors (Lipinski definition) is 0. The Balaban J connectivity index is 1.72. The van der Waals surface area contributed by atoms with Gasteiger partial charge >= 0.3 is 5.97 Å². The lowest BCUT2D eigenvalue weighted by Gasteiger charge is -2.21. The molecule has 0 amide bonds. The molecule has 2 heterocycles. The summed E-state index contributed by atoms with van der Waals surface area (Å²) in [4.78, 5) is 25.9. The average Bonchev–Trinajstić information content (AvgIpc) is 3.13. The molecular weight excluding hydrogens is 374 g/mol. The van der Waals surface area contributed by atoms with Crippen LogP contribution >= 0.6 is 11.3 Å². The molecule has 1 aliphatic heterocycles. The standard InChI is InChI=1S/C18H19NO5S2/c1-11-8-14-9-13(5-6-15(14)19(11)26(3,22)23)18(21)24-10-16(20)17-7-4-12(2)25-17/h4-7,9,11H,8,10H2,1-3H3/t11-/m1/s1. The lowest BCUT2D eigenvalue weighted by Crippen LogP contribution is -2.34. The Morgan fingerprint density at radius 2 is 2.00 bits per heavy atom. The summed E-state index contributed by atoms with van der Waals surface area (Å²) >= 11 is 1.36. The highest BCUT2D eigenvalue weighted by atomic mass is 32.2. The van der Waals surface area contributed by atoms with E-state index in [9.17, 15) is 18.0 Å². The minimum absolute atomic E-state index is 0.199. The number of fused-ring (bicyclic) bond motifs is 1. The SMILES string of the molecule is Cc1ccc(C(=O)COC(=O)c2ccc3c(c2)C[C@@H](C)N3S(C)(=O)=O)s1. The van der Waals surface area contributed by atoms with Gasteiger partial charge in [0.2, 0.25) is 15.8 Å². The van der Waals surface area contributed by atoms with Gasteiger partial charge in [-0.3, -0.25) is 9.10 Å². The smallest absolute Gasteiger partial charge is 0.338 e. The Labute approximate surface area is 156 Å². The minimum atomic E-state index is -3.37. The van der Waals surface area contributed by atoms with Crippen molar-refractivity contribution in [3.8, 4) is 0 Å². The highest BCUT2D eigenvalue weighted by Crippen LogP contribution is 2.34. The number of sulfonamides is 1. The summed E-state index contributed by atoms with van der Waals surface area (Å²) in [6.07, 6.45) is 1.69. The van der Waals surface area contributed by atoms with Crippen molar-refractivity contribution in [2.24, 2.45) is 0 Å². The van der Waals surface area contributed by atoms with Crippen LogP contribution in [-0.4, -0.2) is 39.1 Å². The highest BCUT2D eigenvalue weighted by molar-refractivity contribution is 7.92. The van der Waals surface area contributed by atoms with E-state index in [0.29, 0.717) is 22.5 Å². The Morgan fingerprint density at radius 1 is 1.27 bits per heavy atom. The summed E-state index contributed by atoms with van der Waals surface area (Å²) in [7, 11) is -3.37. The summed E-state index contributed by atoms with van der Waals surface area (Å²) < 4.78 is 30.4. The fraction of sp³-hybridized carbons (Fsp3) is 0.333. The predicted octanol–water partition coefficient (Wildman–Crippen LogP) is 2.81. The van der Waals surface area contributed by atoms with Crippen LogP contribution < -0.4 is 4.31 Å². The van der Waals surface area contributed by atoms with Crippen LogP contribution in [0.2, 0.25) is 0 Å². The molecule has 1 aromatic carbocycles. The number of anilines is 1. The van der Waals surface area contributed by atoms with Crippen LogP contribution in [0.15, 0.2) is 30.3 Å². The first kappa shape index (κ1) is 18.6. The molecular formula is C18H19NO5S2. The van der Waals surface area contributed by atoms with Gasteiger partial charge in [0, 0.05) is 10.9 Å². The van der Waals surface area contributed by atoms with Gasteiger partial charge in [-0.2, -0.15) is 0 Å². The van der Waals surface area contributed by atoms with E-state index in [1.807, 2.05) is 19.9 Å². The number of nitrogens with zero attached hydrogens (tertiary/aromatic N) is 1. The molecule has 3 rings (SSSR count). The van der Waals surface area contributed by atoms with E-state index in [1.54, 1.807) is 18.2 Å². The largest absolute Gasteiger partial charge is 0.454 e. The third-order valence-corrected chi connectivity index (χ3v) is 6.49. The zero-order chi connectivity index (χ0) is 19.1. The van der Waals surface area contributed by atoms with Crippen LogP contribution in [0.4, 0.5) is 5.69 Å².